The van der Waals surface area contributed by atoms with Crippen LogP contribution in [-0.4, -0.2) is 26.1 Å². The molecule has 0 heterocycles. The normalized spacial score (nSPS) is 10.6. The SMILES string of the molecule is COc1c(CN)cccc1CN(C)C. The molecular weight excluding hydrogens is 176 g/mol. The van der Waals surface area contributed by atoms with Crippen LogP contribution in [0, 0.1) is 0 Å². The first kappa shape index (κ1) is 11.0. The number of rotatable bonds is 4. The van der Waals surface area contributed by atoms with Gasteiger partial charge in [0.15, 0.2) is 0 Å². The molecule has 0 atom stereocenters. The van der Waals surface area contributed by atoms with Crippen molar-refractivity contribution < 1.29 is 4.74 Å². The van der Waals surface area contributed by atoms with E-state index in [0.29, 0.717) is 6.54 Å². The summed E-state index contributed by atoms with van der Waals surface area (Å²) in [5, 5.41) is 0. The van der Waals surface area contributed by atoms with Crippen LogP contribution in [0.15, 0.2) is 18.2 Å². The Hall–Kier alpha value is -1.06. The van der Waals surface area contributed by atoms with E-state index in [9.17, 15) is 0 Å². The summed E-state index contributed by atoms with van der Waals surface area (Å²) < 4.78 is 5.36. The van der Waals surface area contributed by atoms with Crippen LogP contribution in [0.2, 0.25) is 0 Å². The van der Waals surface area contributed by atoms with E-state index in [4.69, 9.17) is 10.5 Å². The predicted molar refractivity (Wildman–Crippen MR) is 58.3 cm³/mol. The molecule has 1 aromatic carbocycles. The van der Waals surface area contributed by atoms with Crippen molar-refractivity contribution in [3.05, 3.63) is 29.3 Å². The Morgan fingerprint density at radius 1 is 1.29 bits per heavy atom. The average molecular weight is 194 g/mol. The first-order chi connectivity index (χ1) is 6.69. The lowest BCUT2D eigenvalue weighted by Gasteiger charge is -2.15. The lowest BCUT2D eigenvalue weighted by atomic mass is 10.1. The van der Waals surface area contributed by atoms with Crippen molar-refractivity contribution in [2.75, 3.05) is 21.2 Å². The summed E-state index contributed by atoms with van der Waals surface area (Å²) in [6.07, 6.45) is 0. The summed E-state index contributed by atoms with van der Waals surface area (Å²) in [6.45, 7) is 1.39. The standard InChI is InChI=1S/C11H18N2O/c1-13(2)8-10-6-4-5-9(7-12)11(10)14-3/h4-6H,7-8,12H2,1-3H3. The van der Waals surface area contributed by atoms with E-state index in [1.165, 1.54) is 5.56 Å². The van der Waals surface area contributed by atoms with Gasteiger partial charge in [-0.1, -0.05) is 18.2 Å². The molecule has 0 fully saturated rings. The fourth-order valence-corrected chi connectivity index (χ4v) is 1.53. The minimum absolute atomic E-state index is 0.518. The molecule has 3 nitrogen and oxygen atoms in total. The number of benzene rings is 1. The maximum absolute atomic E-state index is 5.63. The number of nitrogens with two attached hydrogens (primary N) is 1. The molecule has 1 aromatic rings. The minimum Gasteiger partial charge on any atom is -0.496 e. The topological polar surface area (TPSA) is 38.5 Å². The molecule has 0 aliphatic heterocycles. The molecule has 0 amide bonds. The summed E-state index contributed by atoms with van der Waals surface area (Å²) >= 11 is 0. The molecule has 0 aromatic heterocycles. The van der Waals surface area contributed by atoms with Gasteiger partial charge in [-0.25, -0.2) is 0 Å². The van der Waals surface area contributed by atoms with Gasteiger partial charge in [-0.15, -0.1) is 0 Å². The van der Waals surface area contributed by atoms with Crippen LogP contribution >= 0.6 is 0 Å². The lowest BCUT2D eigenvalue weighted by molar-refractivity contribution is 0.369. The number of methoxy groups -OCH3 is 1. The van der Waals surface area contributed by atoms with Crippen molar-refractivity contribution in [2.45, 2.75) is 13.1 Å². The van der Waals surface area contributed by atoms with Gasteiger partial charge < -0.3 is 15.4 Å². The third-order valence-corrected chi connectivity index (χ3v) is 2.09. The molecule has 0 unspecified atom stereocenters. The Balaban J connectivity index is 3.02. The maximum atomic E-state index is 5.63. The summed E-state index contributed by atoms with van der Waals surface area (Å²) in [7, 11) is 5.76. The number of hydrogen-bond donors (Lipinski definition) is 1. The van der Waals surface area contributed by atoms with Crippen molar-refractivity contribution in [1.82, 2.24) is 4.90 Å². The van der Waals surface area contributed by atoms with Crippen molar-refractivity contribution in [3.8, 4) is 5.75 Å². The zero-order chi connectivity index (χ0) is 10.6. The van der Waals surface area contributed by atoms with Gasteiger partial charge in [-0.3, -0.25) is 0 Å². The number of nitrogens with zero attached hydrogens (tertiary/aromatic N) is 1. The highest BCUT2D eigenvalue weighted by Crippen LogP contribution is 2.24. The van der Waals surface area contributed by atoms with Gasteiger partial charge in [0.2, 0.25) is 0 Å². The van der Waals surface area contributed by atoms with Crippen LogP contribution in [0.4, 0.5) is 0 Å². The van der Waals surface area contributed by atoms with E-state index in [2.05, 4.69) is 11.0 Å². The molecule has 1 rings (SSSR count). The summed E-state index contributed by atoms with van der Waals surface area (Å²) in [5.41, 5.74) is 7.88. The van der Waals surface area contributed by atoms with Crippen LogP contribution in [0.25, 0.3) is 0 Å². The van der Waals surface area contributed by atoms with E-state index in [1.54, 1.807) is 7.11 Å². The fourth-order valence-electron chi connectivity index (χ4n) is 1.53. The van der Waals surface area contributed by atoms with Gasteiger partial charge in [0.1, 0.15) is 5.75 Å². The van der Waals surface area contributed by atoms with Crippen LogP contribution in [0.1, 0.15) is 11.1 Å². The van der Waals surface area contributed by atoms with Crippen LogP contribution in [-0.2, 0) is 13.1 Å². The van der Waals surface area contributed by atoms with Gasteiger partial charge in [0.25, 0.3) is 0 Å². The molecule has 0 saturated heterocycles. The second-order valence-electron chi connectivity index (χ2n) is 3.55. The van der Waals surface area contributed by atoms with Crippen LogP contribution in [0.3, 0.4) is 0 Å². The Labute approximate surface area is 85.5 Å². The fraction of sp³-hybridized carbons (Fsp3) is 0.455. The number of ether oxygens (including phenoxy) is 1. The molecule has 0 spiro atoms. The maximum Gasteiger partial charge on any atom is 0.127 e. The Kier molecular flexibility index (Phi) is 3.92. The monoisotopic (exact) mass is 194 g/mol. The predicted octanol–water partition coefficient (Wildman–Crippen LogP) is 1.22. The molecule has 14 heavy (non-hydrogen) atoms. The van der Waals surface area contributed by atoms with E-state index >= 15 is 0 Å². The van der Waals surface area contributed by atoms with Crippen molar-refractivity contribution in [1.29, 1.82) is 0 Å². The van der Waals surface area contributed by atoms with Crippen molar-refractivity contribution in [2.24, 2.45) is 5.73 Å². The van der Waals surface area contributed by atoms with E-state index in [-0.39, 0.29) is 0 Å². The molecule has 0 aliphatic rings. The van der Waals surface area contributed by atoms with E-state index < -0.39 is 0 Å². The van der Waals surface area contributed by atoms with E-state index in [0.717, 1.165) is 17.9 Å². The third-order valence-electron chi connectivity index (χ3n) is 2.09. The van der Waals surface area contributed by atoms with Crippen LogP contribution < -0.4 is 10.5 Å². The first-order valence-electron chi connectivity index (χ1n) is 4.68. The van der Waals surface area contributed by atoms with Crippen LogP contribution in [0.5, 0.6) is 5.75 Å². The first-order valence-corrected chi connectivity index (χ1v) is 4.68. The number of para-hydroxylation sites is 1. The van der Waals surface area contributed by atoms with Gasteiger partial charge >= 0.3 is 0 Å². The number of hydrogen-bond acceptors (Lipinski definition) is 3. The van der Waals surface area contributed by atoms with Gasteiger partial charge in [0.05, 0.1) is 7.11 Å². The summed E-state index contributed by atoms with van der Waals surface area (Å²) in [4.78, 5) is 2.11. The molecular formula is C11H18N2O. The molecule has 0 bridgehead atoms. The van der Waals surface area contributed by atoms with Gasteiger partial charge in [-0.05, 0) is 14.1 Å². The quantitative estimate of drug-likeness (QED) is 0.783. The summed E-state index contributed by atoms with van der Waals surface area (Å²) in [6, 6.07) is 6.08. The van der Waals surface area contributed by atoms with Gasteiger partial charge in [0, 0.05) is 24.2 Å². The highest BCUT2D eigenvalue weighted by Gasteiger charge is 2.07. The van der Waals surface area contributed by atoms with E-state index in [1.807, 2.05) is 26.2 Å². The average Bonchev–Trinajstić information content (AvgIpc) is 2.16. The molecule has 0 radical (unpaired) electrons. The smallest absolute Gasteiger partial charge is 0.127 e. The molecule has 0 saturated carbocycles. The zero-order valence-corrected chi connectivity index (χ0v) is 9.08. The molecule has 3 heteroatoms. The molecule has 78 valence electrons. The zero-order valence-electron chi connectivity index (χ0n) is 9.08. The Morgan fingerprint density at radius 2 is 1.93 bits per heavy atom. The lowest BCUT2D eigenvalue weighted by Crippen LogP contribution is -2.12. The second kappa shape index (κ2) is 4.98. The van der Waals surface area contributed by atoms with Crippen molar-refractivity contribution in [3.63, 3.8) is 0 Å². The Morgan fingerprint density at radius 3 is 2.43 bits per heavy atom. The molecule has 2 N–H and O–H groups in total. The second-order valence-corrected chi connectivity index (χ2v) is 3.55. The van der Waals surface area contributed by atoms with Gasteiger partial charge in [-0.2, -0.15) is 0 Å². The minimum atomic E-state index is 0.518. The van der Waals surface area contributed by atoms with Crippen molar-refractivity contribution >= 4 is 0 Å². The summed E-state index contributed by atoms with van der Waals surface area (Å²) in [5.74, 6) is 0.920. The molecule has 0 aliphatic carbocycles. The largest absolute Gasteiger partial charge is 0.496 e. The Bertz CT molecular complexity index is 297. The third kappa shape index (κ3) is 2.47. The highest BCUT2D eigenvalue weighted by atomic mass is 16.5. The highest BCUT2D eigenvalue weighted by molar-refractivity contribution is 5.41.